The van der Waals surface area contributed by atoms with Gasteiger partial charge in [-0.3, -0.25) is 4.79 Å². The molecular weight excluding hydrogens is 242 g/mol. The van der Waals surface area contributed by atoms with Crippen LogP contribution in [0.1, 0.15) is 46.5 Å². The number of unbranched alkanes of at least 4 members (excludes halogenated alkanes) is 1. The molecule has 1 heterocycles. The van der Waals surface area contributed by atoms with E-state index in [9.17, 15) is 4.79 Å². The first-order chi connectivity index (χ1) is 9.15. The Bertz CT molecular complexity index is 248. The molecule has 0 unspecified atom stereocenters. The first kappa shape index (κ1) is 16.4. The number of nitrogens with zero attached hydrogens (tertiary/aromatic N) is 1. The van der Waals surface area contributed by atoms with Crippen molar-refractivity contribution >= 4 is 5.91 Å². The minimum atomic E-state index is 0.101. The number of hydrogen-bond acceptors (Lipinski definition) is 3. The van der Waals surface area contributed by atoms with Crippen molar-refractivity contribution in [3.63, 3.8) is 0 Å². The van der Waals surface area contributed by atoms with E-state index in [4.69, 9.17) is 9.47 Å². The summed E-state index contributed by atoms with van der Waals surface area (Å²) >= 11 is 0. The Morgan fingerprint density at radius 3 is 2.47 bits per heavy atom. The van der Waals surface area contributed by atoms with Crippen molar-refractivity contribution in [3.05, 3.63) is 0 Å². The van der Waals surface area contributed by atoms with Crippen molar-refractivity contribution in [1.29, 1.82) is 0 Å². The van der Waals surface area contributed by atoms with Gasteiger partial charge in [0.2, 0.25) is 5.91 Å². The van der Waals surface area contributed by atoms with Crippen molar-refractivity contribution in [2.45, 2.75) is 52.6 Å². The van der Waals surface area contributed by atoms with Crippen LogP contribution in [0.5, 0.6) is 0 Å². The Balaban J connectivity index is 2.05. The lowest BCUT2D eigenvalue weighted by molar-refractivity contribution is -0.137. The average Bonchev–Trinajstić information content (AvgIpc) is 2.42. The number of piperidine rings is 1. The molecule has 112 valence electrons. The molecule has 4 nitrogen and oxygen atoms in total. The first-order valence-corrected chi connectivity index (χ1v) is 7.63. The van der Waals surface area contributed by atoms with Crippen LogP contribution in [0.25, 0.3) is 0 Å². The smallest absolute Gasteiger partial charge is 0.225 e. The second kappa shape index (κ2) is 9.32. The minimum absolute atomic E-state index is 0.101. The molecule has 0 saturated carbocycles. The highest BCUT2D eigenvalue weighted by Crippen LogP contribution is 2.15. The summed E-state index contributed by atoms with van der Waals surface area (Å²) in [5.74, 6) is 0.366. The SMILES string of the molecule is CCCCOCCOC1CCN(C(=O)C(C)C)CC1. The maximum atomic E-state index is 11.8. The van der Waals surface area contributed by atoms with Gasteiger partial charge >= 0.3 is 0 Å². The molecule has 0 bridgehead atoms. The van der Waals surface area contributed by atoms with Crippen LogP contribution in [0.15, 0.2) is 0 Å². The highest BCUT2D eigenvalue weighted by molar-refractivity contribution is 5.78. The van der Waals surface area contributed by atoms with Gasteiger partial charge in [0, 0.05) is 25.6 Å². The van der Waals surface area contributed by atoms with Crippen LogP contribution in [0.3, 0.4) is 0 Å². The number of hydrogen-bond donors (Lipinski definition) is 0. The largest absolute Gasteiger partial charge is 0.379 e. The van der Waals surface area contributed by atoms with Gasteiger partial charge in [-0.1, -0.05) is 27.2 Å². The van der Waals surface area contributed by atoms with Crippen LogP contribution in [-0.2, 0) is 14.3 Å². The van der Waals surface area contributed by atoms with Crippen molar-refractivity contribution in [1.82, 2.24) is 4.90 Å². The molecular formula is C15H29NO3. The van der Waals surface area contributed by atoms with E-state index in [1.165, 1.54) is 6.42 Å². The zero-order chi connectivity index (χ0) is 14.1. The van der Waals surface area contributed by atoms with Crippen LogP contribution in [-0.4, -0.2) is 49.8 Å². The van der Waals surface area contributed by atoms with Crippen molar-refractivity contribution in [2.24, 2.45) is 5.92 Å². The van der Waals surface area contributed by atoms with E-state index in [2.05, 4.69) is 6.92 Å². The number of likely N-dealkylation sites (tertiary alicyclic amines) is 1. The zero-order valence-electron chi connectivity index (χ0n) is 12.7. The number of carbonyl (C=O) groups excluding carboxylic acids is 1. The summed E-state index contributed by atoms with van der Waals surface area (Å²) in [5.41, 5.74) is 0. The fourth-order valence-corrected chi connectivity index (χ4v) is 2.23. The zero-order valence-corrected chi connectivity index (χ0v) is 12.7. The molecule has 0 atom stereocenters. The van der Waals surface area contributed by atoms with Crippen LogP contribution in [0.2, 0.25) is 0 Å². The number of rotatable bonds is 8. The van der Waals surface area contributed by atoms with Crippen LogP contribution >= 0.6 is 0 Å². The minimum Gasteiger partial charge on any atom is -0.379 e. The summed E-state index contributed by atoms with van der Waals surface area (Å²) in [4.78, 5) is 13.8. The van der Waals surface area contributed by atoms with Gasteiger partial charge in [-0.15, -0.1) is 0 Å². The van der Waals surface area contributed by atoms with E-state index in [0.29, 0.717) is 19.3 Å². The normalized spacial score (nSPS) is 17.2. The van der Waals surface area contributed by atoms with Gasteiger partial charge in [0.15, 0.2) is 0 Å². The lowest BCUT2D eigenvalue weighted by atomic mass is 10.1. The predicted molar refractivity (Wildman–Crippen MR) is 76.1 cm³/mol. The van der Waals surface area contributed by atoms with E-state index in [1.54, 1.807) is 0 Å². The van der Waals surface area contributed by atoms with Gasteiger partial charge < -0.3 is 14.4 Å². The highest BCUT2D eigenvalue weighted by Gasteiger charge is 2.24. The van der Waals surface area contributed by atoms with Crippen molar-refractivity contribution in [3.8, 4) is 0 Å². The van der Waals surface area contributed by atoms with Gasteiger partial charge in [-0.25, -0.2) is 0 Å². The maximum absolute atomic E-state index is 11.8. The molecule has 1 saturated heterocycles. The molecule has 1 fully saturated rings. The second-order valence-electron chi connectivity index (χ2n) is 5.52. The fraction of sp³-hybridized carbons (Fsp3) is 0.933. The molecule has 0 aromatic carbocycles. The molecule has 0 aromatic heterocycles. The van der Waals surface area contributed by atoms with E-state index < -0.39 is 0 Å². The second-order valence-corrected chi connectivity index (χ2v) is 5.52. The molecule has 1 aliphatic heterocycles. The predicted octanol–water partition coefficient (Wildman–Crippen LogP) is 2.47. The molecule has 0 N–H and O–H groups in total. The summed E-state index contributed by atoms with van der Waals surface area (Å²) in [5, 5.41) is 0. The van der Waals surface area contributed by atoms with Gasteiger partial charge in [-0.2, -0.15) is 0 Å². The standard InChI is InChI=1S/C15H29NO3/c1-4-5-10-18-11-12-19-14-6-8-16(9-7-14)15(17)13(2)3/h13-14H,4-12H2,1-3H3. The third-order valence-corrected chi connectivity index (χ3v) is 3.47. The lowest BCUT2D eigenvalue weighted by Gasteiger charge is -2.33. The molecule has 1 aliphatic rings. The quantitative estimate of drug-likeness (QED) is 0.637. The van der Waals surface area contributed by atoms with Gasteiger partial charge in [0.05, 0.1) is 19.3 Å². The average molecular weight is 271 g/mol. The lowest BCUT2D eigenvalue weighted by Crippen LogP contribution is -2.42. The molecule has 0 aromatic rings. The molecule has 0 aliphatic carbocycles. The fourth-order valence-electron chi connectivity index (χ4n) is 2.23. The van der Waals surface area contributed by atoms with E-state index in [0.717, 1.165) is 39.0 Å². The molecule has 19 heavy (non-hydrogen) atoms. The Morgan fingerprint density at radius 1 is 1.21 bits per heavy atom. The summed E-state index contributed by atoms with van der Waals surface area (Å²) in [7, 11) is 0. The topological polar surface area (TPSA) is 38.8 Å². The van der Waals surface area contributed by atoms with Crippen molar-refractivity contribution < 1.29 is 14.3 Å². The first-order valence-electron chi connectivity index (χ1n) is 7.63. The number of amides is 1. The number of carbonyl (C=O) groups is 1. The van der Waals surface area contributed by atoms with Crippen molar-refractivity contribution in [2.75, 3.05) is 32.9 Å². The third-order valence-electron chi connectivity index (χ3n) is 3.47. The van der Waals surface area contributed by atoms with Crippen LogP contribution in [0, 0.1) is 5.92 Å². The number of ether oxygens (including phenoxy) is 2. The van der Waals surface area contributed by atoms with E-state index >= 15 is 0 Å². The molecule has 0 spiro atoms. The summed E-state index contributed by atoms with van der Waals surface area (Å²) in [6, 6.07) is 0. The molecule has 0 radical (unpaired) electrons. The third kappa shape index (κ3) is 6.39. The molecule has 4 heteroatoms. The molecule has 1 rings (SSSR count). The van der Waals surface area contributed by atoms with Gasteiger partial charge in [-0.05, 0) is 19.3 Å². The Kier molecular flexibility index (Phi) is 8.07. The summed E-state index contributed by atoms with van der Waals surface area (Å²) in [6.45, 7) is 9.93. The Labute approximate surface area is 117 Å². The van der Waals surface area contributed by atoms with E-state index in [-0.39, 0.29) is 11.8 Å². The monoisotopic (exact) mass is 271 g/mol. The Morgan fingerprint density at radius 2 is 1.89 bits per heavy atom. The van der Waals surface area contributed by atoms with Gasteiger partial charge in [0.25, 0.3) is 0 Å². The van der Waals surface area contributed by atoms with Crippen LogP contribution in [0.4, 0.5) is 0 Å². The summed E-state index contributed by atoms with van der Waals surface area (Å²) in [6.07, 6.45) is 4.49. The summed E-state index contributed by atoms with van der Waals surface area (Å²) < 4.78 is 11.3. The highest BCUT2D eigenvalue weighted by atomic mass is 16.5. The molecule has 1 amide bonds. The maximum Gasteiger partial charge on any atom is 0.225 e. The Hall–Kier alpha value is -0.610. The van der Waals surface area contributed by atoms with Gasteiger partial charge in [0.1, 0.15) is 0 Å². The van der Waals surface area contributed by atoms with Crippen LogP contribution < -0.4 is 0 Å². The van der Waals surface area contributed by atoms with E-state index in [1.807, 2.05) is 18.7 Å².